The maximum Gasteiger partial charge on any atom is 0.0429 e. The molecular formula is C15H17ClN2. The number of para-hydroxylation sites is 1. The molecule has 18 heavy (non-hydrogen) atoms. The number of anilines is 2. The van der Waals surface area contributed by atoms with E-state index in [-0.39, 0.29) is 0 Å². The number of nitrogen functional groups attached to an aromatic ring is 1. The Morgan fingerprint density at radius 1 is 1.17 bits per heavy atom. The van der Waals surface area contributed by atoms with Crippen molar-refractivity contribution in [3.05, 3.63) is 58.6 Å². The van der Waals surface area contributed by atoms with Crippen molar-refractivity contribution in [3.8, 4) is 0 Å². The molecule has 0 bridgehead atoms. The summed E-state index contributed by atoms with van der Waals surface area (Å²) in [6, 6.07) is 14.0. The third-order valence-corrected chi connectivity index (χ3v) is 3.14. The summed E-state index contributed by atoms with van der Waals surface area (Å²) < 4.78 is 0. The van der Waals surface area contributed by atoms with Crippen molar-refractivity contribution in [1.82, 2.24) is 0 Å². The highest BCUT2D eigenvalue weighted by Gasteiger charge is 2.05. The summed E-state index contributed by atoms with van der Waals surface area (Å²) in [6.45, 7) is 2.90. The average molecular weight is 261 g/mol. The summed E-state index contributed by atoms with van der Waals surface area (Å²) in [4.78, 5) is 2.19. The maximum atomic E-state index is 6.01. The Balaban J connectivity index is 2.21. The molecule has 0 fully saturated rings. The molecule has 2 N–H and O–H groups in total. The number of nitrogens with zero attached hydrogens (tertiary/aromatic N) is 1. The van der Waals surface area contributed by atoms with E-state index < -0.39 is 0 Å². The predicted molar refractivity (Wildman–Crippen MR) is 79.2 cm³/mol. The largest absolute Gasteiger partial charge is 0.399 e. The fourth-order valence-electron chi connectivity index (χ4n) is 2.12. The van der Waals surface area contributed by atoms with E-state index in [1.807, 2.05) is 24.3 Å². The van der Waals surface area contributed by atoms with Crippen LogP contribution in [0.1, 0.15) is 11.1 Å². The third kappa shape index (κ3) is 2.96. The first-order valence-corrected chi connectivity index (χ1v) is 6.26. The molecule has 2 rings (SSSR count). The zero-order valence-electron chi connectivity index (χ0n) is 10.7. The van der Waals surface area contributed by atoms with Gasteiger partial charge in [0.05, 0.1) is 0 Å². The van der Waals surface area contributed by atoms with Crippen LogP contribution in [0, 0.1) is 6.92 Å². The molecule has 0 aliphatic carbocycles. The number of rotatable bonds is 3. The summed E-state index contributed by atoms with van der Waals surface area (Å²) >= 11 is 6.01. The molecule has 3 heteroatoms. The van der Waals surface area contributed by atoms with Crippen LogP contribution in [-0.4, -0.2) is 7.05 Å². The van der Waals surface area contributed by atoms with E-state index in [0.29, 0.717) is 10.7 Å². The minimum absolute atomic E-state index is 0.684. The lowest BCUT2D eigenvalue weighted by atomic mass is 10.1. The smallest absolute Gasteiger partial charge is 0.0429 e. The second kappa shape index (κ2) is 5.32. The fourth-order valence-corrected chi connectivity index (χ4v) is 2.38. The molecule has 0 heterocycles. The molecule has 0 aromatic heterocycles. The Morgan fingerprint density at radius 3 is 2.56 bits per heavy atom. The number of nitrogens with two attached hydrogens (primary N) is 1. The third-order valence-electron chi connectivity index (χ3n) is 2.93. The van der Waals surface area contributed by atoms with Crippen LogP contribution in [-0.2, 0) is 6.54 Å². The molecule has 0 saturated carbocycles. The number of aryl methyl sites for hydroxylation is 1. The Labute approximate surface area is 113 Å². The number of halogens is 1. The van der Waals surface area contributed by atoms with Gasteiger partial charge in [0, 0.05) is 30.0 Å². The van der Waals surface area contributed by atoms with Crippen molar-refractivity contribution in [1.29, 1.82) is 0 Å². The number of hydrogen-bond donors (Lipinski definition) is 1. The summed E-state index contributed by atoms with van der Waals surface area (Å²) in [5.41, 5.74) is 10.1. The van der Waals surface area contributed by atoms with Crippen molar-refractivity contribution >= 4 is 23.0 Å². The molecule has 0 saturated heterocycles. The molecule has 2 nitrogen and oxygen atoms in total. The Hall–Kier alpha value is -1.67. The SMILES string of the molecule is Cc1ccccc1N(C)Cc1cc(N)cc(Cl)c1. The number of hydrogen-bond acceptors (Lipinski definition) is 2. The van der Waals surface area contributed by atoms with E-state index >= 15 is 0 Å². The lowest BCUT2D eigenvalue weighted by Crippen LogP contribution is -2.17. The van der Waals surface area contributed by atoms with Crippen molar-refractivity contribution in [2.75, 3.05) is 17.7 Å². The van der Waals surface area contributed by atoms with E-state index in [4.69, 9.17) is 17.3 Å². The van der Waals surface area contributed by atoms with Gasteiger partial charge in [-0.05, 0) is 42.3 Å². The van der Waals surface area contributed by atoms with E-state index in [1.54, 1.807) is 6.07 Å². The molecule has 2 aromatic carbocycles. The minimum atomic E-state index is 0.684. The van der Waals surface area contributed by atoms with Crippen molar-refractivity contribution in [3.63, 3.8) is 0 Å². The van der Waals surface area contributed by atoms with E-state index in [0.717, 1.165) is 12.1 Å². The minimum Gasteiger partial charge on any atom is -0.399 e. The fraction of sp³-hybridized carbons (Fsp3) is 0.200. The molecule has 0 unspecified atom stereocenters. The van der Waals surface area contributed by atoms with Gasteiger partial charge in [-0.2, -0.15) is 0 Å². The second-order valence-electron chi connectivity index (χ2n) is 4.54. The van der Waals surface area contributed by atoms with Gasteiger partial charge in [0.25, 0.3) is 0 Å². The van der Waals surface area contributed by atoms with E-state index in [9.17, 15) is 0 Å². The van der Waals surface area contributed by atoms with Gasteiger partial charge >= 0.3 is 0 Å². The topological polar surface area (TPSA) is 29.3 Å². The summed E-state index contributed by atoms with van der Waals surface area (Å²) in [5.74, 6) is 0. The maximum absolute atomic E-state index is 6.01. The summed E-state index contributed by atoms with van der Waals surface area (Å²) in [6.07, 6.45) is 0. The van der Waals surface area contributed by atoms with Crippen LogP contribution in [0.2, 0.25) is 5.02 Å². The molecular weight excluding hydrogens is 244 g/mol. The van der Waals surface area contributed by atoms with Crippen molar-refractivity contribution in [2.45, 2.75) is 13.5 Å². The Bertz CT molecular complexity index is 532. The van der Waals surface area contributed by atoms with Gasteiger partial charge in [0.1, 0.15) is 0 Å². The first-order valence-electron chi connectivity index (χ1n) is 5.88. The van der Waals surface area contributed by atoms with Crippen LogP contribution in [0.4, 0.5) is 11.4 Å². The van der Waals surface area contributed by atoms with Gasteiger partial charge in [-0.15, -0.1) is 0 Å². The monoisotopic (exact) mass is 260 g/mol. The van der Waals surface area contributed by atoms with Crippen LogP contribution in [0.3, 0.4) is 0 Å². The van der Waals surface area contributed by atoms with Gasteiger partial charge < -0.3 is 10.6 Å². The molecule has 0 radical (unpaired) electrons. The highest BCUT2D eigenvalue weighted by molar-refractivity contribution is 6.30. The van der Waals surface area contributed by atoms with E-state index in [2.05, 4.69) is 31.0 Å². The first kappa shape index (κ1) is 12.8. The van der Waals surface area contributed by atoms with Crippen LogP contribution in [0.15, 0.2) is 42.5 Å². The van der Waals surface area contributed by atoms with Gasteiger partial charge in [0.2, 0.25) is 0 Å². The predicted octanol–water partition coefficient (Wildman–Crippen LogP) is 3.87. The van der Waals surface area contributed by atoms with E-state index in [1.165, 1.54) is 11.3 Å². The molecule has 0 aliphatic rings. The summed E-state index contributed by atoms with van der Waals surface area (Å²) in [7, 11) is 2.07. The van der Waals surface area contributed by atoms with Crippen LogP contribution >= 0.6 is 11.6 Å². The first-order chi connectivity index (χ1) is 8.56. The molecule has 94 valence electrons. The van der Waals surface area contributed by atoms with Gasteiger partial charge in [-0.3, -0.25) is 0 Å². The molecule has 0 spiro atoms. The lowest BCUT2D eigenvalue weighted by Gasteiger charge is -2.21. The van der Waals surface area contributed by atoms with Crippen LogP contribution in [0.5, 0.6) is 0 Å². The standard InChI is InChI=1S/C15H17ClN2/c1-11-5-3-4-6-15(11)18(2)10-12-7-13(16)9-14(17)8-12/h3-9H,10,17H2,1-2H3. The van der Waals surface area contributed by atoms with Crippen molar-refractivity contribution < 1.29 is 0 Å². The lowest BCUT2D eigenvalue weighted by molar-refractivity contribution is 0.918. The van der Waals surface area contributed by atoms with Crippen LogP contribution in [0.25, 0.3) is 0 Å². The molecule has 2 aromatic rings. The second-order valence-corrected chi connectivity index (χ2v) is 4.97. The molecule has 0 aliphatic heterocycles. The van der Waals surface area contributed by atoms with Crippen molar-refractivity contribution in [2.24, 2.45) is 0 Å². The average Bonchev–Trinajstić information content (AvgIpc) is 2.27. The summed E-state index contributed by atoms with van der Waals surface area (Å²) in [5, 5.41) is 0.684. The van der Waals surface area contributed by atoms with Gasteiger partial charge in [-0.1, -0.05) is 29.8 Å². The highest BCUT2D eigenvalue weighted by atomic mass is 35.5. The van der Waals surface area contributed by atoms with Gasteiger partial charge in [0.15, 0.2) is 0 Å². The zero-order valence-corrected chi connectivity index (χ0v) is 11.4. The quantitative estimate of drug-likeness (QED) is 0.849. The molecule has 0 amide bonds. The van der Waals surface area contributed by atoms with Crippen LogP contribution < -0.4 is 10.6 Å². The highest BCUT2D eigenvalue weighted by Crippen LogP contribution is 2.22. The molecule has 0 atom stereocenters. The zero-order chi connectivity index (χ0) is 13.1. The van der Waals surface area contributed by atoms with Gasteiger partial charge in [-0.25, -0.2) is 0 Å². The number of benzene rings is 2. The normalized spacial score (nSPS) is 10.4. The Kier molecular flexibility index (Phi) is 3.78. The Morgan fingerprint density at radius 2 is 1.89 bits per heavy atom.